The summed E-state index contributed by atoms with van der Waals surface area (Å²) < 4.78 is 11.2. The van der Waals surface area contributed by atoms with E-state index in [2.05, 4.69) is 17.0 Å². The number of hydrogen-bond acceptors (Lipinski definition) is 5. The molecule has 1 saturated heterocycles. The van der Waals surface area contributed by atoms with Crippen molar-refractivity contribution in [3.8, 4) is 5.75 Å². The molecule has 1 atom stereocenters. The average molecular weight is 364 g/mol. The van der Waals surface area contributed by atoms with Crippen molar-refractivity contribution in [2.24, 2.45) is 5.73 Å². The minimum Gasteiger partial charge on any atom is -0.491 e. The molecule has 0 spiro atoms. The van der Waals surface area contributed by atoms with E-state index in [0.29, 0.717) is 19.6 Å². The fourth-order valence-corrected chi connectivity index (χ4v) is 3.08. The van der Waals surface area contributed by atoms with Gasteiger partial charge in [0.25, 0.3) is 0 Å². The number of amides is 1. The van der Waals surface area contributed by atoms with Gasteiger partial charge in [-0.1, -0.05) is 12.1 Å². The predicted molar refractivity (Wildman–Crippen MR) is 103 cm³/mol. The molecule has 2 rings (SSSR count). The first-order valence-corrected chi connectivity index (χ1v) is 9.38. The predicted octanol–water partition coefficient (Wildman–Crippen LogP) is 3.03. The molecule has 1 heterocycles. The van der Waals surface area contributed by atoms with Crippen molar-refractivity contribution in [3.63, 3.8) is 0 Å². The average Bonchev–Trinajstić information content (AvgIpc) is 2.55. The van der Waals surface area contributed by atoms with Gasteiger partial charge >= 0.3 is 6.09 Å². The molecule has 0 aliphatic carbocycles. The Morgan fingerprint density at radius 3 is 2.15 bits per heavy atom. The van der Waals surface area contributed by atoms with Gasteiger partial charge in [-0.25, -0.2) is 4.79 Å². The van der Waals surface area contributed by atoms with Gasteiger partial charge in [-0.2, -0.15) is 0 Å². The third kappa shape index (κ3) is 5.88. The second-order valence-corrected chi connectivity index (χ2v) is 7.99. The van der Waals surface area contributed by atoms with Crippen molar-refractivity contribution in [3.05, 3.63) is 29.8 Å². The first-order valence-electron chi connectivity index (χ1n) is 9.38. The van der Waals surface area contributed by atoms with Gasteiger partial charge in [-0.3, -0.25) is 4.90 Å². The summed E-state index contributed by atoms with van der Waals surface area (Å²) in [6.07, 6.45) is -0.0799. The van der Waals surface area contributed by atoms with Crippen LogP contribution < -0.4 is 10.5 Å². The van der Waals surface area contributed by atoms with Gasteiger partial charge in [0.1, 0.15) is 11.4 Å². The first kappa shape index (κ1) is 20.5. The molecule has 6 heteroatoms. The topological polar surface area (TPSA) is 68.0 Å². The smallest absolute Gasteiger partial charge is 0.410 e. The number of rotatable bonds is 5. The lowest BCUT2D eigenvalue weighted by molar-refractivity contribution is 0.0106. The molecule has 2 N–H and O–H groups in total. The highest BCUT2D eigenvalue weighted by Gasteiger charge is 2.29. The van der Waals surface area contributed by atoms with Gasteiger partial charge in [-0.15, -0.1) is 0 Å². The molecule has 6 nitrogen and oxygen atoms in total. The van der Waals surface area contributed by atoms with E-state index in [4.69, 9.17) is 15.2 Å². The highest BCUT2D eigenvalue weighted by Crippen LogP contribution is 2.24. The van der Waals surface area contributed by atoms with E-state index < -0.39 is 5.60 Å². The van der Waals surface area contributed by atoms with Crippen LogP contribution in [0.1, 0.15) is 46.2 Å². The number of piperazine rings is 1. The molecule has 0 radical (unpaired) electrons. The molecule has 1 aromatic carbocycles. The second-order valence-electron chi connectivity index (χ2n) is 7.99. The van der Waals surface area contributed by atoms with Crippen LogP contribution in [0.3, 0.4) is 0 Å². The third-order valence-electron chi connectivity index (χ3n) is 4.27. The van der Waals surface area contributed by atoms with Crippen LogP contribution in [0.15, 0.2) is 24.3 Å². The fourth-order valence-electron chi connectivity index (χ4n) is 3.08. The summed E-state index contributed by atoms with van der Waals surface area (Å²) in [7, 11) is 0. The van der Waals surface area contributed by atoms with Crippen molar-refractivity contribution < 1.29 is 14.3 Å². The molecule has 1 aliphatic heterocycles. The fraction of sp³-hybridized carbons (Fsp3) is 0.650. The number of hydrogen-bond donors (Lipinski definition) is 1. The number of ether oxygens (including phenoxy) is 2. The molecular formula is C20H33N3O3. The Balaban J connectivity index is 1.94. The Kier molecular flexibility index (Phi) is 6.89. The van der Waals surface area contributed by atoms with Crippen molar-refractivity contribution >= 4 is 6.09 Å². The second kappa shape index (κ2) is 8.73. The zero-order chi connectivity index (χ0) is 19.3. The summed E-state index contributed by atoms with van der Waals surface area (Å²) in [5.41, 5.74) is 6.76. The number of carbonyl (C=O) groups excluding carboxylic acids is 1. The van der Waals surface area contributed by atoms with Gasteiger partial charge in [-0.05, 0) is 52.3 Å². The highest BCUT2D eigenvalue weighted by atomic mass is 16.6. The van der Waals surface area contributed by atoms with E-state index >= 15 is 0 Å². The van der Waals surface area contributed by atoms with Crippen LogP contribution in [-0.4, -0.2) is 60.3 Å². The van der Waals surface area contributed by atoms with Gasteiger partial charge in [0.2, 0.25) is 0 Å². The SMILES string of the molecule is CC(C)Oc1ccc(C(CN)N2CCN(C(=O)OC(C)(C)C)CC2)cc1. The number of benzene rings is 1. The minimum absolute atomic E-state index is 0.142. The van der Waals surface area contributed by atoms with Gasteiger partial charge in [0.15, 0.2) is 0 Å². The summed E-state index contributed by atoms with van der Waals surface area (Å²) in [4.78, 5) is 16.3. The standard InChI is InChI=1S/C20H33N3O3/c1-15(2)25-17-8-6-16(7-9-17)18(14-21)22-10-12-23(13-11-22)19(24)26-20(3,4)5/h6-9,15,18H,10-14,21H2,1-5H3. The molecule has 1 aliphatic rings. The summed E-state index contributed by atoms with van der Waals surface area (Å²) in [6.45, 7) is 13.1. The maximum atomic E-state index is 12.2. The maximum Gasteiger partial charge on any atom is 0.410 e. The molecule has 0 bridgehead atoms. The van der Waals surface area contributed by atoms with Crippen LogP contribution in [0, 0.1) is 0 Å². The van der Waals surface area contributed by atoms with Gasteiger partial charge in [0.05, 0.1) is 6.10 Å². The number of nitrogens with zero attached hydrogens (tertiary/aromatic N) is 2. The molecular weight excluding hydrogens is 330 g/mol. The molecule has 1 amide bonds. The molecule has 26 heavy (non-hydrogen) atoms. The minimum atomic E-state index is -0.464. The summed E-state index contributed by atoms with van der Waals surface area (Å²) in [5, 5.41) is 0. The number of nitrogens with two attached hydrogens (primary N) is 1. The Hall–Kier alpha value is -1.79. The quantitative estimate of drug-likeness (QED) is 0.871. The molecule has 1 unspecified atom stereocenters. The first-order chi connectivity index (χ1) is 12.2. The maximum absolute atomic E-state index is 12.2. The molecule has 0 saturated carbocycles. The number of carbonyl (C=O) groups is 1. The largest absolute Gasteiger partial charge is 0.491 e. The van der Waals surface area contributed by atoms with Crippen LogP contribution in [0.4, 0.5) is 4.79 Å². The van der Waals surface area contributed by atoms with E-state index in [1.165, 1.54) is 5.56 Å². The normalized spacial score (nSPS) is 17.3. The monoisotopic (exact) mass is 363 g/mol. The molecule has 0 aromatic heterocycles. The van der Waals surface area contributed by atoms with E-state index in [1.807, 2.05) is 46.8 Å². The molecule has 146 valence electrons. The third-order valence-corrected chi connectivity index (χ3v) is 4.27. The van der Waals surface area contributed by atoms with E-state index in [-0.39, 0.29) is 18.2 Å². The van der Waals surface area contributed by atoms with Crippen LogP contribution in [0.2, 0.25) is 0 Å². The summed E-state index contributed by atoms with van der Waals surface area (Å²) >= 11 is 0. The zero-order valence-electron chi connectivity index (χ0n) is 16.7. The van der Waals surface area contributed by atoms with Crippen LogP contribution in [0.5, 0.6) is 5.75 Å². The zero-order valence-corrected chi connectivity index (χ0v) is 16.7. The van der Waals surface area contributed by atoms with Crippen molar-refractivity contribution in [2.45, 2.75) is 52.4 Å². The summed E-state index contributed by atoms with van der Waals surface area (Å²) in [6, 6.07) is 8.29. The van der Waals surface area contributed by atoms with Crippen LogP contribution in [0.25, 0.3) is 0 Å². The Morgan fingerprint density at radius 1 is 1.12 bits per heavy atom. The van der Waals surface area contributed by atoms with Crippen LogP contribution >= 0.6 is 0 Å². The Labute approximate surface area is 157 Å². The highest BCUT2D eigenvalue weighted by molar-refractivity contribution is 5.68. The molecule has 1 fully saturated rings. The lowest BCUT2D eigenvalue weighted by Gasteiger charge is -2.39. The summed E-state index contributed by atoms with van der Waals surface area (Å²) in [5.74, 6) is 0.870. The van der Waals surface area contributed by atoms with Gasteiger partial charge < -0.3 is 20.1 Å². The van der Waals surface area contributed by atoms with E-state index in [9.17, 15) is 4.79 Å². The van der Waals surface area contributed by atoms with Crippen molar-refractivity contribution in [1.29, 1.82) is 0 Å². The van der Waals surface area contributed by atoms with E-state index in [0.717, 1.165) is 18.8 Å². The van der Waals surface area contributed by atoms with Crippen molar-refractivity contribution in [1.82, 2.24) is 9.80 Å². The van der Waals surface area contributed by atoms with Crippen molar-refractivity contribution in [2.75, 3.05) is 32.7 Å². The lowest BCUT2D eigenvalue weighted by Crippen LogP contribution is -2.51. The van der Waals surface area contributed by atoms with Gasteiger partial charge in [0, 0.05) is 38.8 Å². The molecule has 1 aromatic rings. The lowest BCUT2D eigenvalue weighted by atomic mass is 10.0. The Bertz CT molecular complexity index is 573. The van der Waals surface area contributed by atoms with E-state index in [1.54, 1.807) is 4.90 Å². The van der Waals surface area contributed by atoms with Crippen LogP contribution in [-0.2, 0) is 4.74 Å². The Morgan fingerprint density at radius 2 is 1.69 bits per heavy atom.